The molecule has 2 aromatic heterocycles. The maximum Gasteiger partial charge on any atom is 0.240 e. The third kappa shape index (κ3) is 2.59. The summed E-state index contributed by atoms with van der Waals surface area (Å²) < 4.78 is 5.46. The third-order valence-electron chi connectivity index (χ3n) is 5.42. The van der Waals surface area contributed by atoms with Crippen LogP contribution in [0.25, 0.3) is 0 Å². The number of nitrogens with zero attached hydrogens (tertiary/aromatic N) is 4. The highest BCUT2D eigenvalue weighted by molar-refractivity contribution is 5.19. The van der Waals surface area contributed by atoms with Gasteiger partial charge in [0.25, 0.3) is 0 Å². The summed E-state index contributed by atoms with van der Waals surface area (Å²) in [5.41, 5.74) is 2.67. The van der Waals surface area contributed by atoms with Gasteiger partial charge in [-0.15, -0.1) is 0 Å². The number of aryl methyl sites for hydroxylation is 2. The lowest BCUT2D eigenvalue weighted by Crippen LogP contribution is -2.23. The van der Waals surface area contributed by atoms with Gasteiger partial charge in [0.1, 0.15) is 5.82 Å². The van der Waals surface area contributed by atoms with Crippen molar-refractivity contribution in [2.45, 2.75) is 69.9 Å². The van der Waals surface area contributed by atoms with E-state index in [1.165, 1.54) is 43.5 Å². The standard InChI is InChI=1S/C17H23N5O/c1-2-5-13-12(4-1)18-17(19-13)14-6-3-9-22(14)10-15-20-16(21-23-15)11-7-8-11/h11,14H,1-10H2,(H,18,19)/t14-/m1/s1. The second kappa shape index (κ2) is 5.44. The zero-order valence-corrected chi connectivity index (χ0v) is 13.4. The first kappa shape index (κ1) is 13.7. The molecule has 1 saturated heterocycles. The van der Waals surface area contributed by atoms with Crippen LogP contribution in [0, 0.1) is 0 Å². The van der Waals surface area contributed by atoms with E-state index in [9.17, 15) is 0 Å². The lowest BCUT2D eigenvalue weighted by atomic mass is 10.0. The molecule has 0 aromatic carbocycles. The molecule has 6 nitrogen and oxygen atoms in total. The minimum Gasteiger partial charge on any atom is -0.344 e. The van der Waals surface area contributed by atoms with Crippen molar-refractivity contribution in [2.24, 2.45) is 0 Å². The molecule has 2 aliphatic carbocycles. The molecule has 23 heavy (non-hydrogen) atoms. The lowest BCUT2D eigenvalue weighted by Gasteiger charge is -2.20. The smallest absolute Gasteiger partial charge is 0.240 e. The van der Waals surface area contributed by atoms with Gasteiger partial charge in [-0.25, -0.2) is 4.98 Å². The molecule has 2 fully saturated rings. The van der Waals surface area contributed by atoms with Crippen molar-refractivity contribution in [3.05, 3.63) is 28.9 Å². The molecule has 0 radical (unpaired) electrons. The number of likely N-dealkylation sites (tertiary alicyclic amines) is 1. The fourth-order valence-electron chi connectivity index (χ4n) is 3.97. The Kier molecular flexibility index (Phi) is 3.25. The monoisotopic (exact) mass is 313 g/mol. The van der Waals surface area contributed by atoms with Crippen LogP contribution in [0.4, 0.5) is 0 Å². The zero-order valence-electron chi connectivity index (χ0n) is 13.4. The first-order valence-electron chi connectivity index (χ1n) is 9.01. The first-order chi connectivity index (χ1) is 11.4. The minimum absolute atomic E-state index is 0.372. The van der Waals surface area contributed by atoms with Gasteiger partial charge in [-0.3, -0.25) is 4.90 Å². The van der Waals surface area contributed by atoms with Gasteiger partial charge in [0.05, 0.1) is 18.3 Å². The molecular formula is C17H23N5O. The molecule has 3 aliphatic rings. The quantitative estimate of drug-likeness (QED) is 0.940. The van der Waals surface area contributed by atoms with E-state index in [1.807, 2.05) is 0 Å². The third-order valence-corrected chi connectivity index (χ3v) is 5.42. The largest absolute Gasteiger partial charge is 0.344 e. The molecule has 2 aromatic rings. The average molecular weight is 313 g/mol. The van der Waals surface area contributed by atoms with E-state index in [1.54, 1.807) is 0 Å². The van der Waals surface area contributed by atoms with Crippen LogP contribution >= 0.6 is 0 Å². The summed E-state index contributed by atoms with van der Waals surface area (Å²) in [6.07, 6.45) is 9.64. The summed E-state index contributed by atoms with van der Waals surface area (Å²) in [5, 5.41) is 4.13. The topological polar surface area (TPSA) is 70.8 Å². The molecular weight excluding hydrogens is 290 g/mol. The van der Waals surface area contributed by atoms with Crippen LogP contribution in [0.1, 0.15) is 79.4 Å². The summed E-state index contributed by atoms with van der Waals surface area (Å²) in [6, 6.07) is 0.372. The normalized spacial score (nSPS) is 25.0. The predicted octanol–water partition coefficient (Wildman–Crippen LogP) is 2.89. The number of imidazole rings is 1. The number of hydrogen-bond acceptors (Lipinski definition) is 5. The SMILES string of the molecule is C1CCc2[nH]c([C@H]3CCCN3Cc3nc(C4CC4)no3)nc2C1. The van der Waals surface area contributed by atoms with Crippen molar-refractivity contribution < 1.29 is 4.52 Å². The van der Waals surface area contributed by atoms with Crippen molar-refractivity contribution in [1.29, 1.82) is 0 Å². The summed E-state index contributed by atoms with van der Waals surface area (Å²) in [4.78, 5) is 15.5. The number of nitrogens with one attached hydrogen (secondary N) is 1. The van der Waals surface area contributed by atoms with E-state index in [4.69, 9.17) is 9.51 Å². The highest BCUT2D eigenvalue weighted by atomic mass is 16.5. The summed E-state index contributed by atoms with van der Waals surface area (Å²) >= 11 is 0. The highest BCUT2D eigenvalue weighted by Gasteiger charge is 2.32. The Morgan fingerprint density at radius 2 is 2.00 bits per heavy atom. The van der Waals surface area contributed by atoms with Gasteiger partial charge in [-0.05, 0) is 57.9 Å². The Hall–Kier alpha value is -1.69. The van der Waals surface area contributed by atoms with Crippen LogP contribution in [0.5, 0.6) is 0 Å². The van der Waals surface area contributed by atoms with E-state index in [2.05, 4.69) is 20.0 Å². The van der Waals surface area contributed by atoms with E-state index < -0.39 is 0 Å². The van der Waals surface area contributed by atoms with Crippen LogP contribution < -0.4 is 0 Å². The van der Waals surface area contributed by atoms with Crippen LogP contribution in [-0.4, -0.2) is 31.6 Å². The van der Waals surface area contributed by atoms with Crippen LogP contribution in [0.3, 0.4) is 0 Å². The summed E-state index contributed by atoms with van der Waals surface area (Å²) in [6.45, 7) is 1.83. The van der Waals surface area contributed by atoms with Gasteiger partial charge >= 0.3 is 0 Å². The number of fused-ring (bicyclic) bond motifs is 1. The minimum atomic E-state index is 0.372. The van der Waals surface area contributed by atoms with E-state index in [0.717, 1.165) is 49.9 Å². The van der Waals surface area contributed by atoms with E-state index >= 15 is 0 Å². The molecule has 1 saturated carbocycles. The Morgan fingerprint density at radius 1 is 1.09 bits per heavy atom. The van der Waals surface area contributed by atoms with Gasteiger partial charge in [0.2, 0.25) is 5.89 Å². The molecule has 5 rings (SSSR count). The van der Waals surface area contributed by atoms with Crippen molar-refractivity contribution in [3.63, 3.8) is 0 Å². The second-order valence-electron chi connectivity index (χ2n) is 7.20. The van der Waals surface area contributed by atoms with E-state index in [-0.39, 0.29) is 0 Å². The molecule has 122 valence electrons. The summed E-state index contributed by atoms with van der Waals surface area (Å²) in [5.74, 6) is 3.37. The molecule has 6 heteroatoms. The average Bonchev–Trinajstić information content (AvgIpc) is 3.00. The Bertz CT molecular complexity index is 678. The lowest BCUT2D eigenvalue weighted by molar-refractivity contribution is 0.206. The number of H-pyrrole nitrogens is 1. The van der Waals surface area contributed by atoms with Crippen molar-refractivity contribution in [1.82, 2.24) is 25.0 Å². The van der Waals surface area contributed by atoms with Gasteiger partial charge < -0.3 is 9.51 Å². The molecule has 1 aliphatic heterocycles. The van der Waals surface area contributed by atoms with E-state index in [0.29, 0.717) is 12.0 Å². The van der Waals surface area contributed by atoms with Crippen LogP contribution in [-0.2, 0) is 19.4 Å². The maximum absolute atomic E-state index is 5.46. The molecule has 1 atom stereocenters. The van der Waals surface area contributed by atoms with Gasteiger partial charge in [-0.2, -0.15) is 4.98 Å². The van der Waals surface area contributed by atoms with Crippen molar-refractivity contribution in [2.75, 3.05) is 6.54 Å². The summed E-state index contributed by atoms with van der Waals surface area (Å²) in [7, 11) is 0. The highest BCUT2D eigenvalue weighted by Crippen LogP contribution is 2.38. The van der Waals surface area contributed by atoms with Crippen molar-refractivity contribution in [3.8, 4) is 0 Å². The molecule has 1 N–H and O–H groups in total. The van der Waals surface area contributed by atoms with Crippen molar-refractivity contribution >= 4 is 0 Å². The molecule has 0 spiro atoms. The number of aromatic nitrogens is 4. The first-order valence-corrected chi connectivity index (χ1v) is 9.01. The Morgan fingerprint density at radius 3 is 2.87 bits per heavy atom. The number of aromatic amines is 1. The number of hydrogen-bond donors (Lipinski definition) is 1. The second-order valence-corrected chi connectivity index (χ2v) is 7.20. The van der Waals surface area contributed by atoms with Gasteiger partial charge in [0.15, 0.2) is 5.82 Å². The van der Waals surface area contributed by atoms with Gasteiger partial charge in [0, 0.05) is 11.6 Å². The molecule has 0 amide bonds. The predicted molar refractivity (Wildman–Crippen MR) is 83.9 cm³/mol. The van der Waals surface area contributed by atoms with Crippen LogP contribution in [0.2, 0.25) is 0 Å². The number of rotatable bonds is 4. The fourth-order valence-corrected chi connectivity index (χ4v) is 3.97. The molecule has 0 bridgehead atoms. The molecule has 3 heterocycles. The molecule has 0 unspecified atom stereocenters. The fraction of sp³-hybridized carbons (Fsp3) is 0.706. The Balaban J connectivity index is 1.34. The zero-order chi connectivity index (χ0) is 15.2. The van der Waals surface area contributed by atoms with Gasteiger partial charge in [-0.1, -0.05) is 5.16 Å². The van der Waals surface area contributed by atoms with Crippen LogP contribution in [0.15, 0.2) is 4.52 Å². The maximum atomic E-state index is 5.46. The Labute approximate surface area is 135 Å².